The lowest BCUT2D eigenvalue weighted by atomic mass is 10.1. The van der Waals surface area contributed by atoms with Gasteiger partial charge in [-0.05, 0) is 55.2 Å². The van der Waals surface area contributed by atoms with Crippen LogP contribution in [-0.2, 0) is 16.0 Å². The molecule has 0 spiro atoms. The summed E-state index contributed by atoms with van der Waals surface area (Å²) >= 11 is 11.9. The van der Waals surface area contributed by atoms with Gasteiger partial charge in [-0.1, -0.05) is 53.5 Å². The van der Waals surface area contributed by atoms with E-state index in [-0.39, 0.29) is 11.4 Å². The molecule has 0 aliphatic rings. The van der Waals surface area contributed by atoms with Gasteiger partial charge in [-0.3, -0.25) is 9.59 Å². The predicted molar refractivity (Wildman–Crippen MR) is 103 cm³/mol. The molecule has 0 saturated heterocycles. The fraction of sp³-hybridized carbons (Fsp3) is 0.200. The maximum atomic E-state index is 12.3. The number of ketones is 1. The lowest BCUT2D eigenvalue weighted by Crippen LogP contribution is -2.28. The molecule has 0 unspecified atom stereocenters. The summed E-state index contributed by atoms with van der Waals surface area (Å²) in [6.45, 7) is 1.86. The third-order valence-electron chi connectivity index (χ3n) is 3.59. The first-order valence-corrected chi connectivity index (χ1v) is 8.72. The first kappa shape index (κ1) is 19.2. The van der Waals surface area contributed by atoms with Gasteiger partial charge < -0.3 is 5.32 Å². The lowest BCUT2D eigenvalue weighted by Gasteiger charge is -2.07. The lowest BCUT2D eigenvalue weighted by molar-refractivity contribution is -0.121. The van der Waals surface area contributed by atoms with Crippen molar-refractivity contribution in [3.63, 3.8) is 0 Å². The van der Waals surface area contributed by atoms with E-state index in [0.29, 0.717) is 22.2 Å². The third kappa shape index (κ3) is 6.37. The van der Waals surface area contributed by atoms with Crippen LogP contribution in [-0.4, -0.2) is 18.2 Å². The molecular formula is C20H19Cl2NO2. The highest BCUT2D eigenvalue weighted by atomic mass is 35.5. The summed E-state index contributed by atoms with van der Waals surface area (Å²) in [5, 5.41) is 3.69. The molecule has 3 nitrogen and oxygen atoms in total. The normalized spacial score (nSPS) is 11.2. The second kappa shape index (κ2) is 9.40. The van der Waals surface area contributed by atoms with Gasteiger partial charge in [0.15, 0.2) is 5.78 Å². The van der Waals surface area contributed by atoms with Crippen molar-refractivity contribution in [1.82, 2.24) is 5.32 Å². The van der Waals surface area contributed by atoms with E-state index in [1.54, 1.807) is 18.2 Å². The molecule has 5 heteroatoms. The van der Waals surface area contributed by atoms with Crippen LogP contribution in [0.25, 0.3) is 6.08 Å². The van der Waals surface area contributed by atoms with Crippen molar-refractivity contribution in [2.75, 3.05) is 6.54 Å². The van der Waals surface area contributed by atoms with Crippen molar-refractivity contribution in [1.29, 1.82) is 0 Å². The SMILES string of the molecule is CC(=O)C(=Cc1cc(Cl)cc(Cl)c1)C(=O)NCCCc1ccccc1. The minimum atomic E-state index is -0.392. The van der Waals surface area contributed by atoms with Crippen LogP contribution >= 0.6 is 23.2 Å². The molecule has 0 radical (unpaired) electrons. The van der Waals surface area contributed by atoms with E-state index in [9.17, 15) is 9.59 Å². The van der Waals surface area contributed by atoms with Crippen LogP contribution in [0.15, 0.2) is 54.1 Å². The van der Waals surface area contributed by atoms with Gasteiger partial charge in [0.2, 0.25) is 0 Å². The molecule has 0 aliphatic carbocycles. The summed E-state index contributed by atoms with van der Waals surface area (Å²) < 4.78 is 0. The Morgan fingerprint density at radius 2 is 1.68 bits per heavy atom. The molecule has 2 aromatic carbocycles. The quantitative estimate of drug-likeness (QED) is 0.329. The summed E-state index contributed by atoms with van der Waals surface area (Å²) in [5.74, 6) is -0.701. The molecule has 1 amide bonds. The van der Waals surface area contributed by atoms with Crippen molar-refractivity contribution in [3.8, 4) is 0 Å². The Bertz CT molecular complexity index is 765. The standard InChI is InChI=1S/C20H19Cl2NO2/c1-14(24)19(12-16-10-17(21)13-18(22)11-16)20(25)23-9-5-8-15-6-3-2-4-7-15/h2-4,6-7,10-13H,5,8-9H2,1H3,(H,23,25). The van der Waals surface area contributed by atoms with Gasteiger partial charge in [-0.15, -0.1) is 0 Å². The van der Waals surface area contributed by atoms with E-state index in [2.05, 4.69) is 5.32 Å². The number of hydrogen-bond donors (Lipinski definition) is 1. The third-order valence-corrected chi connectivity index (χ3v) is 4.03. The molecule has 0 aromatic heterocycles. The molecule has 0 atom stereocenters. The minimum absolute atomic E-state index is 0.0815. The van der Waals surface area contributed by atoms with Gasteiger partial charge in [0, 0.05) is 16.6 Å². The summed E-state index contributed by atoms with van der Waals surface area (Å²) in [6.07, 6.45) is 3.17. The fourth-order valence-corrected chi connectivity index (χ4v) is 2.93. The molecule has 0 fully saturated rings. The smallest absolute Gasteiger partial charge is 0.254 e. The predicted octanol–water partition coefficient (Wildman–Crippen LogP) is 4.71. The molecule has 0 bridgehead atoms. The molecule has 2 aromatic rings. The molecule has 1 N–H and O–H groups in total. The number of aryl methyl sites for hydroxylation is 1. The average Bonchev–Trinajstić information content (AvgIpc) is 2.56. The van der Waals surface area contributed by atoms with Crippen LogP contribution in [0.3, 0.4) is 0 Å². The molecule has 0 saturated carbocycles. The van der Waals surface area contributed by atoms with Crippen LogP contribution < -0.4 is 5.32 Å². The topological polar surface area (TPSA) is 46.2 Å². The Morgan fingerprint density at radius 3 is 2.28 bits per heavy atom. The minimum Gasteiger partial charge on any atom is -0.352 e. The van der Waals surface area contributed by atoms with Crippen molar-refractivity contribution in [3.05, 3.63) is 75.3 Å². The van der Waals surface area contributed by atoms with E-state index in [1.807, 2.05) is 30.3 Å². The highest BCUT2D eigenvalue weighted by Crippen LogP contribution is 2.21. The highest BCUT2D eigenvalue weighted by Gasteiger charge is 2.14. The summed E-state index contributed by atoms with van der Waals surface area (Å²) in [6, 6.07) is 14.9. The Kier molecular flexibility index (Phi) is 7.23. The molecule has 2 rings (SSSR count). The number of amides is 1. The van der Waals surface area contributed by atoms with E-state index < -0.39 is 5.91 Å². The second-order valence-corrected chi connectivity index (χ2v) is 6.53. The van der Waals surface area contributed by atoms with Gasteiger partial charge in [0.25, 0.3) is 5.91 Å². The zero-order valence-corrected chi connectivity index (χ0v) is 15.4. The van der Waals surface area contributed by atoms with Crippen LogP contribution in [0, 0.1) is 0 Å². The molecule has 130 valence electrons. The average molecular weight is 376 g/mol. The van der Waals surface area contributed by atoms with Crippen molar-refractivity contribution < 1.29 is 9.59 Å². The van der Waals surface area contributed by atoms with Gasteiger partial charge in [-0.2, -0.15) is 0 Å². The van der Waals surface area contributed by atoms with Crippen LogP contribution in [0.1, 0.15) is 24.5 Å². The van der Waals surface area contributed by atoms with Crippen molar-refractivity contribution >= 4 is 41.0 Å². The van der Waals surface area contributed by atoms with Crippen LogP contribution in [0.2, 0.25) is 10.0 Å². The maximum absolute atomic E-state index is 12.3. The van der Waals surface area contributed by atoms with Crippen molar-refractivity contribution in [2.45, 2.75) is 19.8 Å². The second-order valence-electron chi connectivity index (χ2n) is 5.66. The van der Waals surface area contributed by atoms with Gasteiger partial charge in [0.1, 0.15) is 0 Å². The molecule has 0 aliphatic heterocycles. The van der Waals surface area contributed by atoms with E-state index in [4.69, 9.17) is 23.2 Å². The van der Waals surface area contributed by atoms with E-state index in [0.717, 1.165) is 12.8 Å². The monoisotopic (exact) mass is 375 g/mol. The van der Waals surface area contributed by atoms with Gasteiger partial charge >= 0.3 is 0 Å². The highest BCUT2D eigenvalue weighted by molar-refractivity contribution is 6.35. The zero-order valence-electron chi connectivity index (χ0n) is 13.9. The number of carbonyl (C=O) groups excluding carboxylic acids is 2. The van der Waals surface area contributed by atoms with Gasteiger partial charge in [0.05, 0.1) is 5.57 Å². The number of halogens is 2. The van der Waals surface area contributed by atoms with E-state index >= 15 is 0 Å². The number of carbonyl (C=O) groups is 2. The largest absolute Gasteiger partial charge is 0.352 e. The first-order valence-electron chi connectivity index (χ1n) is 7.96. The van der Waals surface area contributed by atoms with Gasteiger partial charge in [-0.25, -0.2) is 0 Å². The number of benzene rings is 2. The fourth-order valence-electron chi connectivity index (χ4n) is 2.39. The molecular weight excluding hydrogens is 357 g/mol. The summed E-state index contributed by atoms with van der Waals surface area (Å²) in [4.78, 5) is 24.1. The zero-order chi connectivity index (χ0) is 18.2. The summed E-state index contributed by atoms with van der Waals surface area (Å²) in [7, 11) is 0. The van der Waals surface area contributed by atoms with Crippen LogP contribution in [0.5, 0.6) is 0 Å². The maximum Gasteiger partial charge on any atom is 0.254 e. The Balaban J connectivity index is 1.98. The Morgan fingerprint density at radius 1 is 1.04 bits per heavy atom. The Labute approximate surface area is 157 Å². The first-order chi connectivity index (χ1) is 12.0. The number of hydrogen-bond acceptors (Lipinski definition) is 2. The number of rotatable bonds is 7. The van der Waals surface area contributed by atoms with E-state index in [1.165, 1.54) is 18.6 Å². The number of nitrogens with one attached hydrogen (secondary N) is 1. The van der Waals surface area contributed by atoms with Crippen LogP contribution in [0.4, 0.5) is 0 Å². The summed E-state index contributed by atoms with van der Waals surface area (Å²) in [5.41, 5.74) is 1.91. The molecule has 25 heavy (non-hydrogen) atoms. The Hall–Kier alpha value is -2.10. The van der Waals surface area contributed by atoms with Crippen molar-refractivity contribution in [2.24, 2.45) is 0 Å². The molecule has 0 heterocycles. The number of Topliss-reactive ketones (excluding diaryl/α,β-unsaturated/α-hetero) is 1.